The summed E-state index contributed by atoms with van der Waals surface area (Å²) in [5.41, 5.74) is 0.379. The number of halogens is 1. The van der Waals surface area contributed by atoms with E-state index in [0.29, 0.717) is 41.7 Å². The molecule has 0 radical (unpaired) electrons. The molecule has 2 saturated carbocycles. The van der Waals surface area contributed by atoms with Gasteiger partial charge in [0, 0.05) is 31.0 Å². The average molecular weight is 447 g/mol. The SMILES string of the molecule is CN=C(NC1CC2CCC1O2)NC1C2CCOC2C12CCCC2.I. The molecule has 5 aliphatic rings. The lowest BCUT2D eigenvalue weighted by Gasteiger charge is -2.57. The van der Waals surface area contributed by atoms with Gasteiger partial charge in [0.1, 0.15) is 0 Å². The van der Waals surface area contributed by atoms with E-state index >= 15 is 0 Å². The summed E-state index contributed by atoms with van der Waals surface area (Å²) in [6.07, 6.45) is 11.5. The zero-order valence-corrected chi connectivity index (χ0v) is 16.8. The number of rotatable bonds is 2. The van der Waals surface area contributed by atoms with Crippen LogP contribution >= 0.6 is 24.0 Å². The molecule has 0 aromatic heterocycles. The molecule has 5 nitrogen and oxygen atoms in total. The molecule has 2 aliphatic carbocycles. The minimum absolute atomic E-state index is 0. The summed E-state index contributed by atoms with van der Waals surface area (Å²) in [6, 6.07) is 0.985. The van der Waals surface area contributed by atoms with Crippen molar-refractivity contribution in [1.82, 2.24) is 10.6 Å². The number of fused-ring (bicyclic) bond motifs is 4. The lowest BCUT2D eigenvalue weighted by atomic mass is 9.54. The van der Waals surface area contributed by atoms with Crippen molar-refractivity contribution in [1.29, 1.82) is 0 Å². The molecule has 2 bridgehead atoms. The Hall–Kier alpha value is -0.0800. The Balaban J connectivity index is 0.00000146. The lowest BCUT2D eigenvalue weighted by Crippen LogP contribution is -2.69. The van der Waals surface area contributed by atoms with E-state index in [9.17, 15) is 0 Å². The van der Waals surface area contributed by atoms with Crippen molar-refractivity contribution in [2.75, 3.05) is 13.7 Å². The number of hydrogen-bond acceptors (Lipinski definition) is 3. The molecule has 2 N–H and O–H groups in total. The van der Waals surface area contributed by atoms with Crippen LogP contribution in [0.2, 0.25) is 0 Å². The van der Waals surface area contributed by atoms with Gasteiger partial charge in [0.2, 0.25) is 0 Å². The fourth-order valence-corrected chi connectivity index (χ4v) is 6.19. The molecule has 0 amide bonds. The fourth-order valence-electron chi connectivity index (χ4n) is 6.19. The van der Waals surface area contributed by atoms with E-state index in [1.165, 1.54) is 44.9 Å². The molecule has 136 valence electrons. The first kappa shape index (κ1) is 17.3. The Morgan fingerprint density at radius 1 is 1.12 bits per heavy atom. The van der Waals surface area contributed by atoms with Crippen LogP contribution in [-0.2, 0) is 9.47 Å². The molecule has 0 aromatic rings. The van der Waals surface area contributed by atoms with Crippen molar-refractivity contribution in [3.05, 3.63) is 0 Å². The summed E-state index contributed by atoms with van der Waals surface area (Å²) in [5, 5.41) is 7.45. The van der Waals surface area contributed by atoms with Crippen LogP contribution in [0.1, 0.15) is 51.4 Å². The smallest absolute Gasteiger partial charge is 0.191 e. The summed E-state index contributed by atoms with van der Waals surface area (Å²) < 4.78 is 12.1. The van der Waals surface area contributed by atoms with E-state index in [2.05, 4.69) is 15.6 Å². The predicted octanol–water partition coefficient (Wildman–Crippen LogP) is 2.44. The number of aliphatic imine (C=N–C) groups is 1. The molecule has 6 unspecified atom stereocenters. The van der Waals surface area contributed by atoms with E-state index in [1.807, 2.05) is 7.05 Å². The Bertz CT molecular complexity index is 508. The first-order valence-electron chi connectivity index (χ1n) is 9.57. The van der Waals surface area contributed by atoms with Gasteiger partial charge in [-0.15, -0.1) is 24.0 Å². The molecular weight excluding hydrogens is 417 g/mol. The standard InChI is InChI=1S/C18H29N3O2.HI/c1-19-17(20-13-10-11-4-5-14(13)23-11)21-15-12-6-9-22-16(12)18(15)7-2-3-8-18;/h11-16H,2-10H2,1H3,(H2,19,20,21);1H. The van der Waals surface area contributed by atoms with Gasteiger partial charge >= 0.3 is 0 Å². The Morgan fingerprint density at radius 2 is 1.96 bits per heavy atom. The van der Waals surface area contributed by atoms with E-state index < -0.39 is 0 Å². The van der Waals surface area contributed by atoms with Crippen LogP contribution in [0.15, 0.2) is 4.99 Å². The van der Waals surface area contributed by atoms with Crippen molar-refractivity contribution in [3.8, 4) is 0 Å². The van der Waals surface area contributed by atoms with E-state index in [1.54, 1.807) is 0 Å². The van der Waals surface area contributed by atoms with Crippen LogP contribution in [0.5, 0.6) is 0 Å². The number of guanidine groups is 1. The highest BCUT2D eigenvalue weighted by Gasteiger charge is 2.65. The van der Waals surface area contributed by atoms with Crippen LogP contribution in [0.4, 0.5) is 0 Å². The van der Waals surface area contributed by atoms with Gasteiger partial charge in [-0.1, -0.05) is 12.8 Å². The number of ether oxygens (including phenoxy) is 2. The second-order valence-corrected chi connectivity index (χ2v) is 8.24. The van der Waals surface area contributed by atoms with Gasteiger partial charge in [0.25, 0.3) is 0 Å². The highest BCUT2D eigenvalue weighted by Crippen LogP contribution is 2.60. The van der Waals surface area contributed by atoms with Gasteiger partial charge in [-0.05, 0) is 38.5 Å². The van der Waals surface area contributed by atoms with Crippen molar-refractivity contribution in [2.24, 2.45) is 16.3 Å². The Kier molecular flexibility index (Phi) is 4.75. The zero-order chi connectivity index (χ0) is 15.4. The molecule has 0 aromatic carbocycles. The number of nitrogens with one attached hydrogen (secondary N) is 2. The van der Waals surface area contributed by atoms with Gasteiger partial charge in [-0.2, -0.15) is 0 Å². The average Bonchev–Trinajstić information content (AvgIpc) is 3.34. The van der Waals surface area contributed by atoms with Crippen LogP contribution in [0.3, 0.4) is 0 Å². The molecule has 3 saturated heterocycles. The summed E-state index contributed by atoms with van der Waals surface area (Å²) >= 11 is 0. The summed E-state index contributed by atoms with van der Waals surface area (Å²) in [5.74, 6) is 1.66. The van der Waals surface area contributed by atoms with Gasteiger partial charge in [-0.25, -0.2) is 0 Å². The van der Waals surface area contributed by atoms with Crippen LogP contribution < -0.4 is 10.6 Å². The molecule has 5 fully saturated rings. The maximum Gasteiger partial charge on any atom is 0.191 e. The first-order valence-corrected chi connectivity index (χ1v) is 9.57. The normalized spacial score (nSPS) is 45.0. The highest BCUT2D eigenvalue weighted by molar-refractivity contribution is 14.0. The third-order valence-corrected chi connectivity index (χ3v) is 7.23. The highest BCUT2D eigenvalue weighted by atomic mass is 127. The van der Waals surface area contributed by atoms with Gasteiger partial charge in [0.05, 0.1) is 24.4 Å². The predicted molar refractivity (Wildman–Crippen MR) is 104 cm³/mol. The second kappa shape index (κ2) is 6.58. The third kappa shape index (κ3) is 2.50. The summed E-state index contributed by atoms with van der Waals surface area (Å²) in [7, 11) is 1.89. The summed E-state index contributed by atoms with van der Waals surface area (Å²) in [6.45, 7) is 0.946. The zero-order valence-electron chi connectivity index (χ0n) is 14.5. The quantitative estimate of drug-likeness (QED) is 0.388. The molecule has 6 heteroatoms. The minimum atomic E-state index is 0. The van der Waals surface area contributed by atoms with Crippen LogP contribution in [-0.4, -0.2) is 50.0 Å². The Morgan fingerprint density at radius 3 is 2.62 bits per heavy atom. The van der Waals surface area contributed by atoms with Crippen molar-refractivity contribution in [2.45, 2.75) is 81.8 Å². The molecule has 3 aliphatic heterocycles. The van der Waals surface area contributed by atoms with Crippen molar-refractivity contribution < 1.29 is 9.47 Å². The van der Waals surface area contributed by atoms with Crippen LogP contribution in [0.25, 0.3) is 0 Å². The lowest BCUT2D eigenvalue weighted by molar-refractivity contribution is -0.125. The third-order valence-electron chi connectivity index (χ3n) is 7.23. The van der Waals surface area contributed by atoms with Crippen molar-refractivity contribution in [3.63, 3.8) is 0 Å². The van der Waals surface area contributed by atoms with Gasteiger partial charge in [-0.3, -0.25) is 4.99 Å². The minimum Gasteiger partial charge on any atom is -0.377 e. The van der Waals surface area contributed by atoms with Crippen molar-refractivity contribution >= 4 is 29.9 Å². The number of nitrogens with zero attached hydrogens (tertiary/aromatic N) is 1. The largest absolute Gasteiger partial charge is 0.377 e. The fraction of sp³-hybridized carbons (Fsp3) is 0.944. The first-order chi connectivity index (χ1) is 11.3. The monoisotopic (exact) mass is 447 g/mol. The van der Waals surface area contributed by atoms with E-state index in [4.69, 9.17) is 9.47 Å². The molecule has 1 spiro atoms. The topological polar surface area (TPSA) is 54.9 Å². The van der Waals surface area contributed by atoms with E-state index in [-0.39, 0.29) is 24.0 Å². The molecule has 3 heterocycles. The van der Waals surface area contributed by atoms with E-state index in [0.717, 1.165) is 19.0 Å². The van der Waals surface area contributed by atoms with Crippen LogP contribution in [0, 0.1) is 11.3 Å². The number of hydrogen-bond donors (Lipinski definition) is 2. The Labute approximate surface area is 161 Å². The van der Waals surface area contributed by atoms with Gasteiger partial charge in [0.15, 0.2) is 5.96 Å². The molecule has 24 heavy (non-hydrogen) atoms. The second-order valence-electron chi connectivity index (χ2n) is 8.24. The maximum absolute atomic E-state index is 6.09. The maximum atomic E-state index is 6.09. The molecule has 5 rings (SSSR count). The summed E-state index contributed by atoms with van der Waals surface area (Å²) in [4.78, 5) is 4.52. The molecular formula is C18H30IN3O2. The van der Waals surface area contributed by atoms with Gasteiger partial charge < -0.3 is 20.1 Å². The molecule has 6 atom stereocenters.